The average molecular weight is 269 g/mol. The SMILES string of the molecule is COCC1CCCN(C(=O)[C@@H]2CC[C@H](C(=O)O)C2)C1. The number of piperidine rings is 1. The van der Waals surface area contributed by atoms with E-state index in [0.29, 0.717) is 25.4 Å². The second-order valence-electron chi connectivity index (χ2n) is 5.79. The van der Waals surface area contributed by atoms with Crippen LogP contribution in [0.25, 0.3) is 0 Å². The van der Waals surface area contributed by atoms with Crippen LogP contribution in [0.4, 0.5) is 0 Å². The van der Waals surface area contributed by atoms with E-state index in [1.165, 1.54) is 0 Å². The first kappa shape index (κ1) is 14.3. The van der Waals surface area contributed by atoms with Gasteiger partial charge >= 0.3 is 5.97 Å². The normalized spacial score (nSPS) is 31.4. The van der Waals surface area contributed by atoms with E-state index in [-0.39, 0.29) is 17.7 Å². The Morgan fingerprint density at radius 1 is 1.26 bits per heavy atom. The van der Waals surface area contributed by atoms with Crippen molar-refractivity contribution < 1.29 is 19.4 Å². The Hall–Kier alpha value is -1.10. The molecule has 2 fully saturated rings. The summed E-state index contributed by atoms with van der Waals surface area (Å²) in [6.45, 7) is 2.28. The standard InChI is InChI=1S/C14H23NO4/c1-19-9-10-3-2-6-15(8-10)13(16)11-4-5-12(7-11)14(17)18/h10-12H,2-9H2,1H3,(H,17,18)/t10?,11-,12+/m1/s1. The molecular formula is C14H23NO4. The zero-order valence-electron chi connectivity index (χ0n) is 11.5. The van der Waals surface area contributed by atoms with Crippen LogP contribution in [-0.4, -0.2) is 48.7 Å². The van der Waals surface area contributed by atoms with Gasteiger partial charge in [0.25, 0.3) is 0 Å². The van der Waals surface area contributed by atoms with E-state index in [1.807, 2.05) is 4.90 Å². The van der Waals surface area contributed by atoms with E-state index in [2.05, 4.69) is 0 Å². The van der Waals surface area contributed by atoms with Gasteiger partial charge in [0.15, 0.2) is 0 Å². The maximum atomic E-state index is 12.4. The molecule has 0 aromatic heterocycles. The number of ether oxygens (including phenoxy) is 1. The highest BCUT2D eigenvalue weighted by Crippen LogP contribution is 2.33. The monoisotopic (exact) mass is 269 g/mol. The molecule has 1 aliphatic heterocycles. The van der Waals surface area contributed by atoms with Gasteiger partial charge in [0, 0.05) is 26.1 Å². The molecule has 0 spiro atoms. The van der Waals surface area contributed by atoms with Gasteiger partial charge in [-0.25, -0.2) is 0 Å². The lowest BCUT2D eigenvalue weighted by molar-refractivity contribution is -0.142. The largest absolute Gasteiger partial charge is 0.481 e. The van der Waals surface area contributed by atoms with E-state index in [1.54, 1.807) is 7.11 Å². The zero-order valence-corrected chi connectivity index (χ0v) is 11.5. The molecule has 0 bridgehead atoms. The van der Waals surface area contributed by atoms with Gasteiger partial charge in [0.1, 0.15) is 0 Å². The molecule has 1 N–H and O–H groups in total. The molecule has 1 unspecified atom stereocenters. The van der Waals surface area contributed by atoms with Crippen LogP contribution in [0.3, 0.4) is 0 Å². The molecule has 5 heteroatoms. The number of aliphatic carboxylic acids is 1. The Labute approximate surface area is 113 Å². The first-order valence-corrected chi connectivity index (χ1v) is 7.12. The van der Waals surface area contributed by atoms with Crippen molar-refractivity contribution in [2.75, 3.05) is 26.8 Å². The van der Waals surface area contributed by atoms with Crippen LogP contribution >= 0.6 is 0 Å². The van der Waals surface area contributed by atoms with Crippen molar-refractivity contribution in [3.63, 3.8) is 0 Å². The number of carboxylic acids is 1. The van der Waals surface area contributed by atoms with Crippen molar-refractivity contribution in [3.8, 4) is 0 Å². The Kier molecular flexibility index (Phi) is 4.80. The van der Waals surface area contributed by atoms with Gasteiger partial charge in [-0.2, -0.15) is 0 Å². The fourth-order valence-electron chi connectivity index (χ4n) is 3.33. The summed E-state index contributed by atoms with van der Waals surface area (Å²) in [5.74, 6) is -0.578. The molecule has 1 saturated carbocycles. The van der Waals surface area contributed by atoms with Crippen molar-refractivity contribution in [1.82, 2.24) is 4.90 Å². The van der Waals surface area contributed by atoms with Crippen LogP contribution in [0.15, 0.2) is 0 Å². The molecule has 2 aliphatic rings. The topological polar surface area (TPSA) is 66.8 Å². The lowest BCUT2D eigenvalue weighted by Gasteiger charge is -2.34. The number of amides is 1. The molecule has 0 radical (unpaired) electrons. The zero-order chi connectivity index (χ0) is 13.8. The summed E-state index contributed by atoms with van der Waals surface area (Å²) >= 11 is 0. The van der Waals surface area contributed by atoms with Crippen LogP contribution in [0.1, 0.15) is 32.1 Å². The lowest BCUT2D eigenvalue weighted by Crippen LogP contribution is -2.43. The first-order valence-electron chi connectivity index (χ1n) is 7.12. The number of likely N-dealkylation sites (tertiary alicyclic amines) is 1. The molecule has 2 rings (SSSR count). The maximum Gasteiger partial charge on any atom is 0.306 e. The molecule has 1 aliphatic carbocycles. The summed E-state index contributed by atoms with van der Waals surface area (Å²) in [6, 6.07) is 0. The van der Waals surface area contributed by atoms with Crippen molar-refractivity contribution in [2.45, 2.75) is 32.1 Å². The number of carboxylic acid groups (broad SMARTS) is 1. The summed E-state index contributed by atoms with van der Waals surface area (Å²) in [4.78, 5) is 25.3. The second kappa shape index (κ2) is 6.37. The van der Waals surface area contributed by atoms with Gasteiger partial charge < -0.3 is 14.7 Å². The molecule has 0 aromatic rings. The van der Waals surface area contributed by atoms with Crippen molar-refractivity contribution in [2.24, 2.45) is 17.8 Å². The van der Waals surface area contributed by atoms with Gasteiger partial charge in [-0.05, 0) is 38.0 Å². The summed E-state index contributed by atoms with van der Waals surface area (Å²) in [6.07, 6.45) is 4.01. The number of rotatable bonds is 4. The number of hydrogen-bond donors (Lipinski definition) is 1. The van der Waals surface area contributed by atoms with Gasteiger partial charge in [0.05, 0.1) is 12.5 Å². The third-order valence-corrected chi connectivity index (χ3v) is 4.36. The predicted molar refractivity (Wildman–Crippen MR) is 69.6 cm³/mol. The van der Waals surface area contributed by atoms with Crippen molar-refractivity contribution >= 4 is 11.9 Å². The third-order valence-electron chi connectivity index (χ3n) is 4.36. The van der Waals surface area contributed by atoms with Crippen molar-refractivity contribution in [1.29, 1.82) is 0 Å². The van der Waals surface area contributed by atoms with E-state index in [0.717, 1.165) is 32.4 Å². The lowest BCUT2D eigenvalue weighted by atomic mass is 9.96. The molecule has 0 aromatic carbocycles. The summed E-state index contributed by atoms with van der Waals surface area (Å²) in [7, 11) is 1.69. The average Bonchev–Trinajstić information content (AvgIpc) is 2.88. The Morgan fingerprint density at radius 2 is 2.00 bits per heavy atom. The molecule has 1 amide bonds. The minimum Gasteiger partial charge on any atom is -0.481 e. The van der Waals surface area contributed by atoms with Gasteiger partial charge in [-0.15, -0.1) is 0 Å². The molecule has 19 heavy (non-hydrogen) atoms. The summed E-state index contributed by atoms with van der Waals surface area (Å²) in [5.41, 5.74) is 0. The Bertz CT molecular complexity index is 342. The molecule has 1 saturated heterocycles. The molecule has 5 nitrogen and oxygen atoms in total. The fourth-order valence-corrected chi connectivity index (χ4v) is 3.33. The molecular weight excluding hydrogens is 246 g/mol. The van der Waals surface area contributed by atoms with E-state index in [9.17, 15) is 9.59 Å². The van der Waals surface area contributed by atoms with Crippen LogP contribution in [-0.2, 0) is 14.3 Å². The van der Waals surface area contributed by atoms with Gasteiger partial charge in [0.2, 0.25) is 5.91 Å². The van der Waals surface area contributed by atoms with Crippen LogP contribution < -0.4 is 0 Å². The van der Waals surface area contributed by atoms with Crippen LogP contribution in [0.5, 0.6) is 0 Å². The number of hydrogen-bond acceptors (Lipinski definition) is 3. The molecule has 1 heterocycles. The number of methoxy groups -OCH3 is 1. The Balaban J connectivity index is 1.87. The minimum absolute atomic E-state index is 0.0811. The number of nitrogens with zero attached hydrogens (tertiary/aromatic N) is 1. The van der Waals surface area contributed by atoms with Gasteiger partial charge in [-0.1, -0.05) is 0 Å². The smallest absolute Gasteiger partial charge is 0.306 e. The highest BCUT2D eigenvalue weighted by atomic mass is 16.5. The summed E-state index contributed by atoms with van der Waals surface area (Å²) < 4.78 is 5.17. The predicted octanol–water partition coefficient (Wildman–Crippen LogP) is 1.37. The first-order chi connectivity index (χ1) is 9.11. The summed E-state index contributed by atoms with van der Waals surface area (Å²) in [5, 5.41) is 8.99. The highest BCUT2D eigenvalue weighted by Gasteiger charge is 2.36. The number of carbonyl (C=O) groups excluding carboxylic acids is 1. The Morgan fingerprint density at radius 3 is 2.63 bits per heavy atom. The highest BCUT2D eigenvalue weighted by molar-refractivity contribution is 5.81. The van der Waals surface area contributed by atoms with Gasteiger partial charge in [-0.3, -0.25) is 9.59 Å². The van der Waals surface area contributed by atoms with Crippen molar-refractivity contribution in [3.05, 3.63) is 0 Å². The fraction of sp³-hybridized carbons (Fsp3) is 0.857. The minimum atomic E-state index is -0.758. The number of carbonyl (C=O) groups is 2. The molecule has 3 atom stereocenters. The van der Waals surface area contributed by atoms with E-state index < -0.39 is 5.97 Å². The molecule has 108 valence electrons. The van der Waals surface area contributed by atoms with Crippen LogP contribution in [0.2, 0.25) is 0 Å². The van der Waals surface area contributed by atoms with Crippen LogP contribution in [0, 0.1) is 17.8 Å². The second-order valence-corrected chi connectivity index (χ2v) is 5.79. The van der Waals surface area contributed by atoms with E-state index in [4.69, 9.17) is 9.84 Å². The maximum absolute atomic E-state index is 12.4. The quantitative estimate of drug-likeness (QED) is 0.837. The third kappa shape index (κ3) is 3.47. The van der Waals surface area contributed by atoms with E-state index >= 15 is 0 Å².